The van der Waals surface area contributed by atoms with Crippen LogP contribution in [0.4, 0.5) is 10.5 Å². The zero-order chi connectivity index (χ0) is 18.7. The van der Waals surface area contributed by atoms with E-state index in [2.05, 4.69) is 0 Å². The summed E-state index contributed by atoms with van der Waals surface area (Å²) in [6.45, 7) is 4.14. The van der Waals surface area contributed by atoms with Crippen molar-refractivity contribution in [3.8, 4) is 5.75 Å². The second-order valence-electron chi connectivity index (χ2n) is 6.21. The van der Waals surface area contributed by atoms with Crippen LogP contribution >= 0.6 is 0 Å². The van der Waals surface area contributed by atoms with Crippen LogP contribution in [-0.4, -0.2) is 73.6 Å². The molecule has 2 saturated heterocycles. The molecule has 0 N–H and O–H groups in total. The number of methoxy groups -OCH3 is 1. The number of hydrogen-bond acceptors (Lipinski definition) is 6. The van der Waals surface area contributed by atoms with Gasteiger partial charge >= 0.3 is 6.09 Å². The first-order valence-electron chi connectivity index (χ1n) is 8.71. The van der Waals surface area contributed by atoms with Gasteiger partial charge in [-0.25, -0.2) is 9.69 Å². The summed E-state index contributed by atoms with van der Waals surface area (Å²) in [6, 6.07) is 6.43. The Hall–Kier alpha value is -2.61. The number of carbonyl (C=O) groups is 3. The van der Waals surface area contributed by atoms with Gasteiger partial charge in [-0.3, -0.25) is 14.5 Å². The Morgan fingerprint density at radius 1 is 1.19 bits per heavy atom. The van der Waals surface area contributed by atoms with Gasteiger partial charge in [-0.1, -0.05) is 6.07 Å². The van der Waals surface area contributed by atoms with Crippen molar-refractivity contribution >= 4 is 23.6 Å². The number of amides is 3. The van der Waals surface area contributed by atoms with Gasteiger partial charge in [0.2, 0.25) is 5.91 Å². The van der Waals surface area contributed by atoms with E-state index >= 15 is 0 Å². The zero-order valence-electron chi connectivity index (χ0n) is 15.0. The predicted molar refractivity (Wildman–Crippen MR) is 94.1 cm³/mol. The van der Waals surface area contributed by atoms with Crippen LogP contribution in [0, 0.1) is 0 Å². The first kappa shape index (κ1) is 18.2. The van der Waals surface area contributed by atoms with Crippen LogP contribution in [-0.2, 0) is 14.3 Å². The second kappa shape index (κ2) is 7.74. The zero-order valence-corrected chi connectivity index (χ0v) is 15.0. The molecule has 140 valence electrons. The summed E-state index contributed by atoms with van der Waals surface area (Å²) in [5.74, 6) is 0.142. The van der Waals surface area contributed by atoms with E-state index in [0.29, 0.717) is 44.2 Å². The van der Waals surface area contributed by atoms with Crippen molar-refractivity contribution in [1.29, 1.82) is 0 Å². The SMILES string of the molecule is CCOC(=O)N1CCN([C@@H]2CC(=O)N(c3cccc(OC)c3)C2=O)CC1. The summed E-state index contributed by atoms with van der Waals surface area (Å²) in [4.78, 5) is 41.9. The van der Waals surface area contributed by atoms with E-state index in [1.165, 1.54) is 4.90 Å². The third-order valence-corrected chi connectivity index (χ3v) is 4.72. The smallest absolute Gasteiger partial charge is 0.409 e. The lowest BCUT2D eigenvalue weighted by molar-refractivity contribution is -0.123. The number of hydrogen-bond donors (Lipinski definition) is 0. The Morgan fingerprint density at radius 3 is 2.58 bits per heavy atom. The van der Waals surface area contributed by atoms with Crippen molar-refractivity contribution in [1.82, 2.24) is 9.80 Å². The van der Waals surface area contributed by atoms with Gasteiger partial charge in [-0.05, 0) is 19.1 Å². The Kier molecular flexibility index (Phi) is 5.41. The number of rotatable bonds is 4. The van der Waals surface area contributed by atoms with Crippen molar-refractivity contribution in [2.75, 3.05) is 44.8 Å². The van der Waals surface area contributed by atoms with Crippen LogP contribution in [0.25, 0.3) is 0 Å². The lowest BCUT2D eigenvalue weighted by Crippen LogP contribution is -2.54. The number of imide groups is 1. The summed E-state index contributed by atoms with van der Waals surface area (Å²) >= 11 is 0. The van der Waals surface area contributed by atoms with Gasteiger partial charge in [-0.2, -0.15) is 0 Å². The van der Waals surface area contributed by atoms with Crippen molar-refractivity contribution in [2.45, 2.75) is 19.4 Å². The van der Waals surface area contributed by atoms with Crippen molar-refractivity contribution < 1.29 is 23.9 Å². The molecule has 0 aliphatic carbocycles. The largest absolute Gasteiger partial charge is 0.497 e. The molecule has 0 aromatic heterocycles. The van der Waals surface area contributed by atoms with Gasteiger partial charge in [0.1, 0.15) is 5.75 Å². The first-order chi connectivity index (χ1) is 12.5. The van der Waals surface area contributed by atoms with Gasteiger partial charge in [0.15, 0.2) is 0 Å². The van der Waals surface area contributed by atoms with Crippen LogP contribution in [0.15, 0.2) is 24.3 Å². The third kappa shape index (κ3) is 3.50. The lowest BCUT2D eigenvalue weighted by atomic mass is 10.2. The number of anilines is 1. The summed E-state index contributed by atoms with van der Waals surface area (Å²) in [5.41, 5.74) is 0.520. The monoisotopic (exact) mass is 361 g/mol. The highest BCUT2D eigenvalue weighted by molar-refractivity contribution is 6.22. The van der Waals surface area contributed by atoms with Crippen molar-refractivity contribution in [3.05, 3.63) is 24.3 Å². The molecule has 8 nitrogen and oxygen atoms in total. The van der Waals surface area contributed by atoms with E-state index in [4.69, 9.17) is 9.47 Å². The molecule has 0 radical (unpaired) electrons. The standard InChI is InChI=1S/C18H23N3O5/c1-3-26-18(24)20-9-7-19(8-10-20)15-12-16(22)21(17(15)23)13-5-4-6-14(11-13)25-2/h4-6,11,15H,3,7-10,12H2,1-2H3/t15-/m1/s1. The first-order valence-corrected chi connectivity index (χ1v) is 8.71. The summed E-state index contributed by atoms with van der Waals surface area (Å²) in [7, 11) is 1.54. The minimum atomic E-state index is -0.488. The molecule has 0 unspecified atom stereocenters. The van der Waals surface area contributed by atoms with Gasteiger partial charge < -0.3 is 14.4 Å². The molecule has 2 aliphatic heterocycles. The average molecular weight is 361 g/mol. The molecule has 2 aliphatic rings. The Labute approximate surface area is 152 Å². The molecule has 3 rings (SSSR count). The van der Waals surface area contributed by atoms with Crippen LogP contribution in [0.2, 0.25) is 0 Å². The molecular formula is C18H23N3O5. The Bertz CT molecular complexity index is 700. The van der Waals surface area contributed by atoms with Gasteiger partial charge in [-0.15, -0.1) is 0 Å². The molecular weight excluding hydrogens is 338 g/mol. The highest BCUT2D eigenvalue weighted by Gasteiger charge is 2.43. The number of ether oxygens (including phenoxy) is 2. The van der Waals surface area contributed by atoms with E-state index in [1.54, 1.807) is 43.2 Å². The molecule has 3 amide bonds. The molecule has 0 saturated carbocycles. The summed E-state index contributed by atoms with van der Waals surface area (Å²) in [5, 5.41) is 0. The lowest BCUT2D eigenvalue weighted by Gasteiger charge is -2.36. The van der Waals surface area contributed by atoms with E-state index in [1.807, 2.05) is 4.90 Å². The summed E-state index contributed by atoms with van der Waals surface area (Å²) in [6.07, 6.45) is -0.186. The maximum Gasteiger partial charge on any atom is 0.409 e. The summed E-state index contributed by atoms with van der Waals surface area (Å²) < 4.78 is 10.2. The second-order valence-corrected chi connectivity index (χ2v) is 6.21. The van der Waals surface area contributed by atoms with Crippen LogP contribution in [0.5, 0.6) is 5.75 Å². The number of carbonyl (C=O) groups excluding carboxylic acids is 3. The highest BCUT2D eigenvalue weighted by atomic mass is 16.6. The minimum Gasteiger partial charge on any atom is -0.497 e. The maximum absolute atomic E-state index is 12.9. The fourth-order valence-corrected chi connectivity index (χ4v) is 3.35. The molecule has 2 heterocycles. The maximum atomic E-state index is 12.9. The van der Waals surface area contributed by atoms with E-state index < -0.39 is 6.04 Å². The molecule has 1 aromatic rings. The fraction of sp³-hybridized carbons (Fsp3) is 0.500. The quantitative estimate of drug-likeness (QED) is 0.748. The van der Waals surface area contributed by atoms with Gasteiger partial charge in [0.25, 0.3) is 5.91 Å². The molecule has 8 heteroatoms. The minimum absolute atomic E-state index is 0.148. The molecule has 1 atom stereocenters. The van der Waals surface area contributed by atoms with Gasteiger partial charge in [0, 0.05) is 32.2 Å². The van der Waals surface area contributed by atoms with E-state index in [9.17, 15) is 14.4 Å². The topological polar surface area (TPSA) is 79.4 Å². The Morgan fingerprint density at radius 2 is 1.92 bits per heavy atom. The van der Waals surface area contributed by atoms with Gasteiger partial charge in [0.05, 0.1) is 31.9 Å². The number of piperazine rings is 1. The van der Waals surface area contributed by atoms with E-state index in [-0.39, 0.29) is 24.3 Å². The molecule has 0 bridgehead atoms. The van der Waals surface area contributed by atoms with Crippen LogP contribution in [0.3, 0.4) is 0 Å². The van der Waals surface area contributed by atoms with Crippen LogP contribution < -0.4 is 9.64 Å². The van der Waals surface area contributed by atoms with Crippen molar-refractivity contribution in [2.24, 2.45) is 0 Å². The third-order valence-electron chi connectivity index (χ3n) is 4.72. The number of nitrogens with zero attached hydrogens (tertiary/aromatic N) is 3. The van der Waals surface area contributed by atoms with Crippen molar-refractivity contribution in [3.63, 3.8) is 0 Å². The normalized spacial score (nSPS) is 21.2. The Balaban J connectivity index is 1.67. The average Bonchev–Trinajstić information content (AvgIpc) is 2.96. The predicted octanol–water partition coefficient (Wildman–Crippen LogP) is 1.10. The molecule has 1 aromatic carbocycles. The fourth-order valence-electron chi connectivity index (χ4n) is 3.35. The highest BCUT2D eigenvalue weighted by Crippen LogP contribution is 2.28. The molecule has 26 heavy (non-hydrogen) atoms. The van der Waals surface area contributed by atoms with E-state index in [0.717, 1.165) is 0 Å². The molecule has 2 fully saturated rings. The molecule has 0 spiro atoms. The van der Waals surface area contributed by atoms with Crippen LogP contribution in [0.1, 0.15) is 13.3 Å². The number of benzene rings is 1.